The third kappa shape index (κ3) is 4.13. The van der Waals surface area contributed by atoms with Crippen LogP contribution in [0.3, 0.4) is 0 Å². The molecule has 0 spiro atoms. The van der Waals surface area contributed by atoms with E-state index in [9.17, 15) is 0 Å². The van der Waals surface area contributed by atoms with E-state index in [1.165, 1.54) is 0 Å². The van der Waals surface area contributed by atoms with Crippen molar-refractivity contribution in [2.75, 3.05) is 13.7 Å². The summed E-state index contributed by atoms with van der Waals surface area (Å²) in [5.74, 6) is 2.18. The molecule has 3 nitrogen and oxygen atoms in total. The van der Waals surface area contributed by atoms with Crippen LogP contribution in [0, 0.1) is 0 Å². The maximum Gasteiger partial charge on any atom is 0.169 e. The van der Waals surface area contributed by atoms with Gasteiger partial charge in [0.15, 0.2) is 11.5 Å². The Morgan fingerprint density at radius 2 is 1.71 bits per heavy atom. The molecule has 2 aromatic carbocycles. The van der Waals surface area contributed by atoms with E-state index in [0.29, 0.717) is 23.9 Å². The van der Waals surface area contributed by atoms with Crippen molar-refractivity contribution in [2.24, 2.45) is 0 Å². The summed E-state index contributed by atoms with van der Waals surface area (Å²) in [6.45, 7) is 3.39. The Balaban J connectivity index is 2.28. The monoisotopic (exact) mass is 305 g/mol. The molecule has 0 heterocycles. The topological polar surface area (TPSA) is 30.5 Å². The molecule has 0 aromatic heterocycles. The molecule has 0 aliphatic heterocycles. The molecule has 0 amide bonds. The maximum atomic E-state index is 6.25. The lowest BCUT2D eigenvalue weighted by molar-refractivity contribution is 0.302. The summed E-state index contributed by atoms with van der Waals surface area (Å²) < 4.78 is 11.7. The largest absolute Gasteiger partial charge is 0.490 e. The van der Waals surface area contributed by atoms with Crippen LogP contribution in [0.15, 0.2) is 42.5 Å². The Kier molecular flexibility index (Phi) is 5.90. The minimum atomic E-state index is 0.646. The number of nitrogens with one attached hydrogen (secondary N) is 1. The van der Waals surface area contributed by atoms with Crippen LogP contribution in [0.25, 0.3) is 0 Å². The van der Waals surface area contributed by atoms with E-state index in [1.54, 1.807) is 0 Å². The van der Waals surface area contributed by atoms with Crippen LogP contribution in [0.5, 0.6) is 17.2 Å². The van der Waals surface area contributed by atoms with Gasteiger partial charge in [-0.25, -0.2) is 0 Å². The van der Waals surface area contributed by atoms with E-state index in [4.69, 9.17) is 21.1 Å². The molecule has 0 atom stereocenters. The molecule has 2 rings (SSSR count). The molecule has 0 radical (unpaired) electrons. The lowest BCUT2D eigenvalue weighted by atomic mass is 10.2. The van der Waals surface area contributed by atoms with Crippen molar-refractivity contribution in [3.63, 3.8) is 0 Å². The van der Waals surface area contributed by atoms with Gasteiger partial charge in [-0.05, 0) is 37.7 Å². The first-order valence-corrected chi connectivity index (χ1v) is 7.45. The van der Waals surface area contributed by atoms with Gasteiger partial charge in [0.2, 0.25) is 0 Å². The van der Waals surface area contributed by atoms with E-state index in [-0.39, 0.29) is 0 Å². The number of para-hydroxylation sites is 2. The van der Waals surface area contributed by atoms with Gasteiger partial charge in [-0.15, -0.1) is 0 Å². The predicted molar refractivity (Wildman–Crippen MR) is 86.5 cm³/mol. The summed E-state index contributed by atoms with van der Waals surface area (Å²) in [6.07, 6.45) is 0.955. The Hall–Kier alpha value is -1.71. The normalized spacial score (nSPS) is 10.4. The summed E-state index contributed by atoms with van der Waals surface area (Å²) in [5, 5.41) is 3.79. The van der Waals surface area contributed by atoms with E-state index < -0.39 is 0 Å². The van der Waals surface area contributed by atoms with Crippen molar-refractivity contribution in [3.05, 3.63) is 53.1 Å². The van der Waals surface area contributed by atoms with Crippen molar-refractivity contribution < 1.29 is 9.47 Å². The van der Waals surface area contributed by atoms with Gasteiger partial charge in [0, 0.05) is 17.1 Å². The molecule has 21 heavy (non-hydrogen) atoms. The minimum absolute atomic E-state index is 0.646. The van der Waals surface area contributed by atoms with Crippen LogP contribution in [0.1, 0.15) is 18.9 Å². The van der Waals surface area contributed by atoms with E-state index >= 15 is 0 Å². The summed E-state index contributed by atoms with van der Waals surface area (Å²) in [6, 6.07) is 13.3. The molecular formula is C17H20ClNO2. The van der Waals surface area contributed by atoms with E-state index in [2.05, 4.69) is 12.2 Å². The fourth-order valence-electron chi connectivity index (χ4n) is 1.97. The molecule has 112 valence electrons. The Morgan fingerprint density at radius 3 is 2.43 bits per heavy atom. The molecule has 0 aliphatic rings. The van der Waals surface area contributed by atoms with E-state index in [0.717, 1.165) is 23.5 Å². The average Bonchev–Trinajstić information content (AvgIpc) is 2.50. The molecule has 0 aliphatic carbocycles. The fourth-order valence-corrected chi connectivity index (χ4v) is 2.20. The van der Waals surface area contributed by atoms with Crippen molar-refractivity contribution in [1.82, 2.24) is 5.32 Å². The van der Waals surface area contributed by atoms with Crippen LogP contribution in [0.2, 0.25) is 5.02 Å². The van der Waals surface area contributed by atoms with Crippen LogP contribution in [0.4, 0.5) is 0 Å². The number of hydrogen-bond acceptors (Lipinski definition) is 3. The number of benzene rings is 2. The summed E-state index contributed by atoms with van der Waals surface area (Å²) >= 11 is 6.25. The van der Waals surface area contributed by atoms with Gasteiger partial charge in [0.1, 0.15) is 5.75 Å². The van der Waals surface area contributed by atoms with Gasteiger partial charge in [0.05, 0.1) is 6.61 Å². The average molecular weight is 306 g/mol. The zero-order valence-electron chi connectivity index (χ0n) is 12.4. The van der Waals surface area contributed by atoms with Crippen LogP contribution in [-0.2, 0) is 6.54 Å². The summed E-state index contributed by atoms with van der Waals surface area (Å²) in [7, 11) is 1.88. The Labute approximate surface area is 130 Å². The number of rotatable bonds is 7. The molecule has 0 unspecified atom stereocenters. The predicted octanol–water partition coefficient (Wildman–Crippen LogP) is 4.64. The SMILES string of the molecule is CCCOc1ccccc1Oc1cccc(Cl)c1CNC. The Morgan fingerprint density at radius 1 is 1.00 bits per heavy atom. The van der Waals surface area contributed by atoms with Crippen molar-refractivity contribution in [3.8, 4) is 17.2 Å². The highest BCUT2D eigenvalue weighted by Crippen LogP contribution is 2.35. The molecule has 0 saturated carbocycles. The maximum absolute atomic E-state index is 6.25. The number of hydrogen-bond donors (Lipinski definition) is 1. The molecule has 2 aromatic rings. The highest BCUT2D eigenvalue weighted by atomic mass is 35.5. The standard InChI is InChI=1S/C17H20ClNO2/c1-3-11-20-16-8-4-5-9-17(16)21-15-10-6-7-14(18)13(15)12-19-2/h4-10,19H,3,11-12H2,1-2H3. The quantitative estimate of drug-likeness (QED) is 0.808. The third-order valence-corrected chi connectivity index (χ3v) is 3.31. The Bertz CT molecular complexity index is 587. The molecule has 0 bridgehead atoms. The second-order valence-corrected chi connectivity index (χ2v) is 5.05. The summed E-state index contributed by atoms with van der Waals surface area (Å²) in [5.41, 5.74) is 0.937. The van der Waals surface area contributed by atoms with Gasteiger partial charge in [-0.1, -0.05) is 36.7 Å². The lowest BCUT2D eigenvalue weighted by Crippen LogP contribution is -2.07. The van der Waals surface area contributed by atoms with Crippen molar-refractivity contribution in [2.45, 2.75) is 19.9 Å². The van der Waals surface area contributed by atoms with Gasteiger partial charge in [0.25, 0.3) is 0 Å². The lowest BCUT2D eigenvalue weighted by Gasteiger charge is -2.15. The van der Waals surface area contributed by atoms with Crippen LogP contribution >= 0.6 is 11.6 Å². The number of ether oxygens (including phenoxy) is 2. The minimum Gasteiger partial charge on any atom is -0.490 e. The second kappa shape index (κ2) is 7.91. The van der Waals surface area contributed by atoms with Crippen molar-refractivity contribution >= 4 is 11.6 Å². The molecule has 0 fully saturated rings. The third-order valence-electron chi connectivity index (χ3n) is 2.96. The zero-order valence-corrected chi connectivity index (χ0v) is 13.1. The van der Waals surface area contributed by atoms with Gasteiger partial charge in [-0.2, -0.15) is 0 Å². The van der Waals surface area contributed by atoms with Gasteiger partial charge < -0.3 is 14.8 Å². The molecule has 1 N–H and O–H groups in total. The van der Waals surface area contributed by atoms with Gasteiger partial charge >= 0.3 is 0 Å². The van der Waals surface area contributed by atoms with Gasteiger partial charge in [-0.3, -0.25) is 0 Å². The second-order valence-electron chi connectivity index (χ2n) is 4.64. The molecular weight excluding hydrogens is 286 g/mol. The fraction of sp³-hybridized carbons (Fsp3) is 0.294. The highest BCUT2D eigenvalue weighted by Gasteiger charge is 2.11. The summed E-state index contributed by atoms with van der Waals surface area (Å²) in [4.78, 5) is 0. The molecule has 4 heteroatoms. The van der Waals surface area contributed by atoms with Crippen LogP contribution < -0.4 is 14.8 Å². The van der Waals surface area contributed by atoms with Crippen molar-refractivity contribution in [1.29, 1.82) is 0 Å². The highest BCUT2D eigenvalue weighted by molar-refractivity contribution is 6.31. The first kappa shape index (κ1) is 15.7. The first-order chi connectivity index (χ1) is 10.3. The zero-order chi connectivity index (χ0) is 15.1. The number of halogens is 1. The van der Waals surface area contributed by atoms with Crippen LogP contribution in [-0.4, -0.2) is 13.7 Å². The first-order valence-electron chi connectivity index (χ1n) is 7.08. The van der Waals surface area contributed by atoms with E-state index in [1.807, 2.05) is 49.5 Å². The smallest absolute Gasteiger partial charge is 0.169 e. The molecule has 0 saturated heterocycles.